The number of carbonyl (C=O) groups is 1. The Balaban J connectivity index is 2.74. The van der Waals surface area contributed by atoms with Crippen molar-refractivity contribution in [2.75, 3.05) is 5.32 Å². The molecule has 3 N–H and O–H groups in total. The molecule has 92 valence electrons. The second-order valence-electron chi connectivity index (χ2n) is 4.57. The van der Waals surface area contributed by atoms with Crippen LogP contribution in [0.5, 0.6) is 0 Å². The summed E-state index contributed by atoms with van der Waals surface area (Å²) in [7, 11) is 0. The summed E-state index contributed by atoms with van der Waals surface area (Å²) in [6.07, 6.45) is 0. The Morgan fingerprint density at radius 1 is 1.29 bits per heavy atom. The van der Waals surface area contributed by atoms with Gasteiger partial charge in [0.25, 0.3) is 0 Å². The summed E-state index contributed by atoms with van der Waals surface area (Å²) in [6.45, 7) is 5.48. The van der Waals surface area contributed by atoms with Gasteiger partial charge in [0.05, 0.1) is 5.56 Å². The lowest BCUT2D eigenvalue weighted by atomic mass is 10.1. The minimum Gasteiger partial charge on any atom is -0.456 e. The average molecular weight is 252 g/mol. The number of carbonyl (C=O) groups excluding carboxylic acids is 1. The fourth-order valence-electron chi connectivity index (χ4n) is 1.17. The Morgan fingerprint density at radius 2 is 1.82 bits per heavy atom. The van der Waals surface area contributed by atoms with Crippen LogP contribution in [0.25, 0.3) is 0 Å². The molecule has 0 aliphatic carbocycles. The molecule has 0 unspecified atom stereocenters. The molecule has 1 rings (SSSR count). The number of esters is 1. The number of rotatable bonds is 2. The zero-order valence-electron chi connectivity index (χ0n) is 10.1. The van der Waals surface area contributed by atoms with Gasteiger partial charge < -0.3 is 15.8 Å². The predicted molar refractivity (Wildman–Crippen MR) is 72.0 cm³/mol. The summed E-state index contributed by atoms with van der Waals surface area (Å²) in [6, 6.07) is 6.76. The quantitative estimate of drug-likeness (QED) is 0.624. The van der Waals surface area contributed by atoms with Crippen LogP contribution in [0, 0.1) is 0 Å². The van der Waals surface area contributed by atoms with Crippen LogP contribution in [-0.2, 0) is 4.74 Å². The highest BCUT2D eigenvalue weighted by atomic mass is 32.1. The summed E-state index contributed by atoms with van der Waals surface area (Å²) in [5.41, 5.74) is 6.08. The van der Waals surface area contributed by atoms with Gasteiger partial charge in [0.15, 0.2) is 5.11 Å². The zero-order valence-corrected chi connectivity index (χ0v) is 10.9. The van der Waals surface area contributed by atoms with Crippen LogP contribution in [-0.4, -0.2) is 16.7 Å². The first-order valence-corrected chi connectivity index (χ1v) is 5.58. The number of nitrogens with one attached hydrogen (secondary N) is 1. The van der Waals surface area contributed by atoms with Crippen molar-refractivity contribution in [2.24, 2.45) is 5.73 Å². The molecule has 0 saturated heterocycles. The lowest BCUT2D eigenvalue weighted by Gasteiger charge is -2.19. The molecule has 5 heteroatoms. The van der Waals surface area contributed by atoms with E-state index >= 15 is 0 Å². The molecule has 17 heavy (non-hydrogen) atoms. The zero-order chi connectivity index (χ0) is 13.1. The van der Waals surface area contributed by atoms with Gasteiger partial charge >= 0.3 is 5.97 Å². The molecule has 1 aromatic carbocycles. The number of anilines is 1. The van der Waals surface area contributed by atoms with E-state index in [1.54, 1.807) is 24.3 Å². The molecule has 0 amide bonds. The second kappa shape index (κ2) is 5.14. The van der Waals surface area contributed by atoms with Gasteiger partial charge in [0.2, 0.25) is 0 Å². The minimum atomic E-state index is -0.493. The summed E-state index contributed by atoms with van der Waals surface area (Å²) < 4.78 is 5.23. The Labute approximate surface area is 106 Å². The van der Waals surface area contributed by atoms with E-state index in [4.69, 9.17) is 22.7 Å². The SMILES string of the molecule is CC(C)(C)OC(=O)c1ccc(NC(N)=S)cc1. The van der Waals surface area contributed by atoms with Crippen molar-refractivity contribution >= 4 is 29.0 Å². The number of hydrogen-bond acceptors (Lipinski definition) is 3. The van der Waals surface area contributed by atoms with Crippen molar-refractivity contribution < 1.29 is 9.53 Å². The van der Waals surface area contributed by atoms with Crippen molar-refractivity contribution in [1.82, 2.24) is 0 Å². The largest absolute Gasteiger partial charge is 0.456 e. The molecule has 0 radical (unpaired) electrons. The maximum atomic E-state index is 11.7. The molecule has 0 saturated carbocycles. The van der Waals surface area contributed by atoms with Crippen molar-refractivity contribution in [3.8, 4) is 0 Å². The Kier molecular flexibility index (Phi) is 4.07. The van der Waals surface area contributed by atoms with Crippen LogP contribution >= 0.6 is 12.2 Å². The van der Waals surface area contributed by atoms with Crippen molar-refractivity contribution in [1.29, 1.82) is 0 Å². The smallest absolute Gasteiger partial charge is 0.338 e. The van der Waals surface area contributed by atoms with E-state index in [2.05, 4.69) is 5.32 Å². The molecule has 0 spiro atoms. The monoisotopic (exact) mass is 252 g/mol. The third-order valence-electron chi connectivity index (χ3n) is 1.79. The number of nitrogens with two attached hydrogens (primary N) is 1. The van der Waals surface area contributed by atoms with E-state index in [1.807, 2.05) is 20.8 Å². The molecular weight excluding hydrogens is 236 g/mol. The molecule has 0 atom stereocenters. The first-order valence-electron chi connectivity index (χ1n) is 5.18. The fraction of sp³-hybridized carbons (Fsp3) is 0.333. The topological polar surface area (TPSA) is 64.3 Å². The summed E-state index contributed by atoms with van der Waals surface area (Å²) in [5, 5.41) is 2.97. The summed E-state index contributed by atoms with van der Waals surface area (Å²) >= 11 is 4.71. The first-order chi connectivity index (χ1) is 7.78. The van der Waals surface area contributed by atoms with Crippen molar-refractivity contribution in [2.45, 2.75) is 26.4 Å². The highest BCUT2D eigenvalue weighted by molar-refractivity contribution is 7.80. The number of thiocarbonyl (C=S) groups is 1. The third-order valence-corrected chi connectivity index (χ3v) is 1.89. The van der Waals surface area contributed by atoms with Crippen LogP contribution in [0.3, 0.4) is 0 Å². The van der Waals surface area contributed by atoms with Crippen molar-refractivity contribution in [3.63, 3.8) is 0 Å². The van der Waals surface area contributed by atoms with Gasteiger partial charge in [-0.25, -0.2) is 4.79 Å². The molecule has 1 aromatic rings. The number of benzene rings is 1. The molecule has 0 fully saturated rings. The Hall–Kier alpha value is -1.62. The van der Waals surface area contributed by atoms with Crippen LogP contribution in [0.1, 0.15) is 31.1 Å². The summed E-state index contributed by atoms with van der Waals surface area (Å²) in [5.74, 6) is -0.348. The van der Waals surface area contributed by atoms with Crippen LogP contribution in [0.15, 0.2) is 24.3 Å². The average Bonchev–Trinajstić information content (AvgIpc) is 2.15. The van der Waals surface area contributed by atoms with Gasteiger partial charge in [0.1, 0.15) is 5.60 Å². The van der Waals surface area contributed by atoms with Crippen LogP contribution in [0.2, 0.25) is 0 Å². The standard InChI is InChI=1S/C12H16N2O2S/c1-12(2,3)16-10(15)8-4-6-9(7-5-8)14-11(13)17/h4-7H,1-3H3,(H3,13,14,17). The van der Waals surface area contributed by atoms with Gasteiger partial charge in [-0.15, -0.1) is 0 Å². The Bertz CT molecular complexity index is 421. The van der Waals surface area contributed by atoms with Crippen LogP contribution < -0.4 is 11.1 Å². The first kappa shape index (κ1) is 13.4. The van der Waals surface area contributed by atoms with Gasteiger partial charge in [-0.05, 0) is 57.3 Å². The minimum absolute atomic E-state index is 0.190. The van der Waals surface area contributed by atoms with Gasteiger partial charge in [0, 0.05) is 5.69 Å². The molecular formula is C12H16N2O2S. The van der Waals surface area contributed by atoms with E-state index in [-0.39, 0.29) is 11.1 Å². The maximum absolute atomic E-state index is 11.7. The highest BCUT2D eigenvalue weighted by Crippen LogP contribution is 2.14. The normalized spacial score (nSPS) is 10.8. The highest BCUT2D eigenvalue weighted by Gasteiger charge is 2.17. The second-order valence-corrected chi connectivity index (χ2v) is 5.01. The molecule has 0 aromatic heterocycles. The molecule has 0 heterocycles. The van der Waals surface area contributed by atoms with Gasteiger partial charge in [-0.2, -0.15) is 0 Å². The molecule has 0 aliphatic rings. The lowest BCUT2D eigenvalue weighted by molar-refractivity contribution is 0.00696. The molecule has 0 bridgehead atoms. The molecule has 4 nitrogen and oxygen atoms in total. The predicted octanol–water partition coefficient (Wildman–Crippen LogP) is 2.30. The number of ether oxygens (including phenoxy) is 1. The summed E-state index contributed by atoms with van der Waals surface area (Å²) in [4.78, 5) is 11.7. The van der Waals surface area contributed by atoms with E-state index in [9.17, 15) is 4.79 Å². The Morgan fingerprint density at radius 3 is 2.24 bits per heavy atom. The van der Waals surface area contributed by atoms with Crippen LogP contribution in [0.4, 0.5) is 5.69 Å². The van der Waals surface area contributed by atoms with E-state index in [0.29, 0.717) is 5.56 Å². The maximum Gasteiger partial charge on any atom is 0.338 e. The van der Waals surface area contributed by atoms with Crippen molar-refractivity contribution in [3.05, 3.63) is 29.8 Å². The fourth-order valence-corrected chi connectivity index (χ4v) is 1.29. The lowest BCUT2D eigenvalue weighted by Crippen LogP contribution is -2.24. The van der Waals surface area contributed by atoms with E-state index < -0.39 is 5.60 Å². The van der Waals surface area contributed by atoms with Gasteiger partial charge in [-0.3, -0.25) is 0 Å². The number of hydrogen-bond donors (Lipinski definition) is 2. The van der Waals surface area contributed by atoms with E-state index in [0.717, 1.165) is 5.69 Å². The van der Waals surface area contributed by atoms with E-state index in [1.165, 1.54) is 0 Å². The van der Waals surface area contributed by atoms with Gasteiger partial charge in [-0.1, -0.05) is 0 Å². The third kappa shape index (κ3) is 4.82. The molecule has 0 aliphatic heterocycles.